The molecule has 0 spiro atoms. The van der Waals surface area contributed by atoms with E-state index >= 15 is 0 Å². The smallest absolute Gasteiger partial charge is 0.220 e. The molecule has 1 aromatic rings. The van der Waals surface area contributed by atoms with Crippen LogP contribution in [0, 0.1) is 0 Å². The van der Waals surface area contributed by atoms with Gasteiger partial charge in [-0.25, -0.2) is 9.97 Å². The summed E-state index contributed by atoms with van der Waals surface area (Å²) in [6, 6.07) is 0. The molecule has 0 saturated carbocycles. The van der Waals surface area contributed by atoms with Crippen LogP contribution < -0.4 is 10.1 Å². The molecule has 0 fully saturated rings. The summed E-state index contributed by atoms with van der Waals surface area (Å²) in [4.78, 5) is 8.25. The number of nitrogens with one attached hydrogen (secondary N) is 1. The molecule has 1 N–H and O–H groups in total. The van der Waals surface area contributed by atoms with E-state index < -0.39 is 0 Å². The minimum atomic E-state index is 0.727. The third-order valence-electron chi connectivity index (χ3n) is 2.73. The van der Waals surface area contributed by atoms with E-state index in [4.69, 9.17) is 4.74 Å². The number of ether oxygens (including phenoxy) is 1. The molecule has 0 radical (unpaired) electrons. The second kappa shape index (κ2) is 9.83. The van der Waals surface area contributed by atoms with Crippen molar-refractivity contribution in [2.24, 2.45) is 0 Å². The number of hydrogen-bond donors (Lipinski definition) is 1. The van der Waals surface area contributed by atoms with Crippen LogP contribution in [0.5, 0.6) is 5.88 Å². The fourth-order valence-electron chi connectivity index (χ4n) is 1.70. The van der Waals surface area contributed by atoms with Crippen molar-refractivity contribution in [2.45, 2.75) is 52.5 Å². The molecular formula is C14H25N3O. The van der Waals surface area contributed by atoms with Crippen LogP contribution in [0.1, 0.15) is 51.5 Å². The molecule has 0 aromatic carbocycles. The Morgan fingerprint density at radius 3 is 2.83 bits per heavy atom. The first-order valence-electron chi connectivity index (χ1n) is 7.00. The standard InChI is InChI=1S/C14H25N3O/c1-3-5-6-7-9-18-14-13(10-15-8-4-2)11-16-12-17-14/h11-12,15H,3-10H2,1-2H3. The second-order valence-corrected chi connectivity index (χ2v) is 4.44. The number of nitrogens with zero attached hydrogens (tertiary/aromatic N) is 2. The highest BCUT2D eigenvalue weighted by atomic mass is 16.5. The molecule has 0 unspecified atom stereocenters. The Bertz CT molecular complexity index is 318. The lowest BCUT2D eigenvalue weighted by Crippen LogP contribution is -2.15. The van der Waals surface area contributed by atoms with Crippen LogP contribution in [0.25, 0.3) is 0 Å². The number of rotatable bonds is 10. The van der Waals surface area contributed by atoms with Crippen LogP contribution in [0.4, 0.5) is 0 Å². The summed E-state index contributed by atoms with van der Waals surface area (Å²) in [6.07, 6.45) is 9.35. The SMILES string of the molecule is CCCCCCOc1ncncc1CNCCC. The molecule has 0 saturated heterocycles. The zero-order valence-electron chi connectivity index (χ0n) is 11.6. The van der Waals surface area contributed by atoms with Crippen LogP contribution in [-0.2, 0) is 6.54 Å². The van der Waals surface area contributed by atoms with Crippen molar-refractivity contribution in [1.29, 1.82) is 0 Å². The first kappa shape index (κ1) is 14.9. The Morgan fingerprint density at radius 1 is 1.17 bits per heavy atom. The van der Waals surface area contributed by atoms with Gasteiger partial charge < -0.3 is 10.1 Å². The minimum Gasteiger partial charge on any atom is -0.477 e. The van der Waals surface area contributed by atoms with Gasteiger partial charge >= 0.3 is 0 Å². The van der Waals surface area contributed by atoms with E-state index in [0.717, 1.165) is 44.0 Å². The molecule has 1 heterocycles. The average molecular weight is 251 g/mol. The van der Waals surface area contributed by atoms with Gasteiger partial charge in [0.2, 0.25) is 5.88 Å². The first-order valence-corrected chi connectivity index (χ1v) is 7.00. The molecule has 102 valence electrons. The van der Waals surface area contributed by atoms with Gasteiger partial charge in [-0.15, -0.1) is 0 Å². The average Bonchev–Trinajstić information content (AvgIpc) is 2.40. The molecule has 0 atom stereocenters. The lowest BCUT2D eigenvalue weighted by molar-refractivity contribution is 0.289. The predicted molar refractivity (Wildman–Crippen MR) is 73.7 cm³/mol. The van der Waals surface area contributed by atoms with Gasteiger partial charge in [0, 0.05) is 18.3 Å². The summed E-state index contributed by atoms with van der Waals surface area (Å²) in [6.45, 7) is 6.89. The summed E-state index contributed by atoms with van der Waals surface area (Å²) in [5.41, 5.74) is 1.04. The topological polar surface area (TPSA) is 47.0 Å². The van der Waals surface area contributed by atoms with Gasteiger partial charge in [0.15, 0.2) is 0 Å². The minimum absolute atomic E-state index is 0.727. The fraction of sp³-hybridized carbons (Fsp3) is 0.714. The number of unbranched alkanes of at least 4 members (excludes halogenated alkanes) is 3. The maximum Gasteiger partial charge on any atom is 0.220 e. The molecule has 0 aliphatic carbocycles. The molecule has 18 heavy (non-hydrogen) atoms. The lowest BCUT2D eigenvalue weighted by Gasteiger charge is -2.10. The van der Waals surface area contributed by atoms with Crippen molar-refractivity contribution in [3.8, 4) is 5.88 Å². The van der Waals surface area contributed by atoms with Crippen LogP contribution in [-0.4, -0.2) is 23.1 Å². The van der Waals surface area contributed by atoms with E-state index in [0.29, 0.717) is 0 Å². The van der Waals surface area contributed by atoms with Crippen LogP contribution in [0.3, 0.4) is 0 Å². The van der Waals surface area contributed by atoms with Crippen molar-refractivity contribution in [3.63, 3.8) is 0 Å². The Kier molecular flexibility index (Phi) is 8.13. The molecule has 4 nitrogen and oxygen atoms in total. The summed E-state index contributed by atoms with van der Waals surface area (Å²) < 4.78 is 5.72. The molecule has 0 aliphatic rings. The van der Waals surface area contributed by atoms with E-state index in [9.17, 15) is 0 Å². The van der Waals surface area contributed by atoms with Gasteiger partial charge in [0.25, 0.3) is 0 Å². The summed E-state index contributed by atoms with van der Waals surface area (Å²) in [5.74, 6) is 0.727. The quantitative estimate of drug-likeness (QED) is 0.649. The molecule has 0 aliphatic heterocycles. The Labute approximate surface area is 110 Å². The highest BCUT2D eigenvalue weighted by molar-refractivity contribution is 5.21. The van der Waals surface area contributed by atoms with Gasteiger partial charge in [-0.3, -0.25) is 0 Å². The van der Waals surface area contributed by atoms with Crippen molar-refractivity contribution >= 4 is 0 Å². The summed E-state index contributed by atoms with van der Waals surface area (Å²) in [7, 11) is 0. The predicted octanol–water partition coefficient (Wildman–Crippen LogP) is 2.94. The van der Waals surface area contributed by atoms with E-state index in [1.54, 1.807) is 6.33 Å². The molecular weight excluding hydrogens is 226 g/mol. The van der Waals surface area contributed by atoms with Gasteiger partial charge in [0.1, 0.15) is 6.33 Å². The van der Waals surface area contributed by atoms with Gasteiger partial charge in [-0.05, 0) is 19.4 Å². The van der Waals surface area contributed by atoms with Gasteiger partial charge in [-0.1, -0.05) is 33.1 Å². The molecule has 4 heteroatoms. The number of hydrogen-bond acceptors (Lipinski definition) is 4. The van der Waals surface area contributed by atoms with Crippen LogP contribution in [0.2, 0.25) is 0 Å². The molecule has 0 amide bonds. The summed E-state index contributed by atoms with van der Waals surface area (Å²) in [5, 5.41) is 3.34. The van der Waals surface area contributed by atoms with Crippen molar-refractivity contribution < 1.29 is 4.74 Å². The highest BCUT2D eigenvalue weighted by Gasteiger charge is 2.04. The monoisotopic (exact) mass is 251 g/mol. The molecule has 1 aromatic heterocycles. The Balaban J connectivity index is 2.33. The largest absolute Gasteiger partial charge is 0.477 e. The van der Waals surface area contributed by atoms with Gasteiger partial charge in [-0.2, -0.15) is 0 Å². The lowest BCUT2D eigenvalue weighted by atomic mass is 10.2. The van der Waals surface area contributed by atoms with Crippen LogP contribution >= 0.6 is 0 Å². The first-order chi connectivity index (χ1) is 8.88. The Hall–Kier alpha value is -1.16. The third-order valence-corrected chi connectivity index (χ3v) is 2.73. The fourth-order valence-corrected chi connectivity index (χ4v) is 1.70. The third kappa shape index (κ3) is 5.96. The van der Waals surface area contributed by atoms with E-state index in [2.05, 4.69) is 29.1 Å². The molecule has 1 rings (SSSR count). The normalized spacial score (nSPS) is 10.6. The van der Waals surface area contributed by atoms with Crippen molar-refractivity contribution in [1.82, 2.24) is 15.3 Å². The highest BCUT2D eigenvalue weighted by Crippen LogP contribution is 2.13. The van der Waals surface area contributed by atoms with E-state index in [-0.39, 0.29) is 0 Å². The van der Waals surface area contributed by atoms with Gasteiger partial charge in [0.05, 0.1) is 6.61 Å². The Morgan fingerprint density at radius 2 is 2.06 bits per heavy atom. The van der Waals surface area contributed by atoms with Crippen molar-refractivity contribution in [3.05, 3.63) is 18.1 Å². The number of aromatic nitrogens is 2. The van der Waals surface area contributed by atoms with Crippen LogP contribution in [0.15, 0.2) is 12.5 Å². The second-order valence-electron chi connectivity index (χ2n) is 4.44. The zero-order chi connectivity index (χ0) is 13.1. The maximum absolute atomic E-state index is 5.72. The van der Waals surface area contributed by atoms with E-state index in [1.807, 2.05) is 6.20 Å². The summed E-state index contributed by atoms with van der Waals surface area (Å²) >= 11 is 0. The zero-order valence-corrected chi connectivity index (χ0v) is 11.6. The molecule has 0 bridgehead atoms. The maximum atomic E-state index is 5.72. The van der Waals surface area contributed by atoms with E-state index in [1.165, 1.54) is 19.3 Å². The van der Waals surface area contributed by atoms with Crippen molar-refractivity contribution in [2.75, 3.05) is 13.2 Å².